The molecule has 0 bridgehead atoms. The summed E-state index contributed by atoms with van der Waals surface area (Å²) in [5.74, 6) is 1.18. The molecule has 0 aliphatic heterocycles. The smallest absolute Gasteiger partial charge is 0.304 e. The summed E-state index contributed by atoms with van der Waals surface area (Å²) in [6.45, 7) is 2.18. The topological polar surface area (TPSA) is 37.3 Å². The van der Waals surface area contributed by atoms with Crippen molar-refractivity contribution >= 4 is 27.6 Å². The van der Waals surface area contributed by atoms with Crippen LogP contribution >= 0.6 is 21.6 Å². The van der Waals surface area contributed by atoms with Gasteiger partial charge in [-0.15, -0.1) is 0 Å². The largest absolute Gasteiger partial charge is 0.481 e. The molecule has 2 nitrogen and oxygen atoms in total. The van der Waals surface area contributed by atoms with E-state index in [0.717, 1.165) is 11.5 Å². The molecule has 12 heavy (non-hydrogen) atoms. The van der Waals surface area contributed by atoms with Crippen LogP contribution in [0.25, 0.3) is 0 Å². The van der Waals surface area contributed by atoms with Gasteiger partial charge < -0.3 is 5.11 Å². The third-order valence-electron chi connectivity index (χ3n) is 1.31. The lowest BCUT2D eigenvalue weighted by Gasteiger charge is -1.97. The third-order valence-corrected chi connectivity index (χ3v) is 3.81. The summed E-state index contributed by atoms with van der Waals surface area (Å²) in [5, 5.41) is 8.33. The van der Waals surface area contributed by atoms with Crippen LogP contribution in [0, 0.1) is 0 Å². The maximum absolute atomic E-state index is 10.1. The van der Waals surface area contributed by atoms with Crippen LogP contribution in [0.2, 0.25) is 0 Å². The molecule has 0 unspecified atom stereocenters. The fourth-order valence-corrected chi connectivity index (χ4v) is 2.78. The molecule has 0 radical (unpaired) electrons. The number of carboxylic acids is 1. The van der Waals surface area contributed by atoms with Crippen molar-refractivity contribution in [3.63, 3.8) is 0 Å². The van der Waals surface area contributed by atoms with Crippen LogP contribution in [0.15, 0.2) is 0 Å². The average molecular weight is 208 g/mol. The third kappa shape index (κ3) is 10.2. The second kappa shape index (κ2) is 9.26. The Morgan fingerprint density at radius 2 is 1.92 bits per heavy atom. The molecule has 0 amide bonds. The minimum atomic E-state index is -0.698. The van der Waals surface area contributed by atoms with Crippen molar-refractivity contribution in [1.82, 2.24) is 0 Å². The molecule has 0 fully saturated rings. The van der Waals surface area contributed by atoms with Gasteiger partial charge in [-0.1, -0.05) is 41.4 Å². The first-order valence-corrected chi connectivity index (χ1v) is 6.72. The molecule has 0 saturated carbocycles. The summed E-state index contributed by atoms with van der Waals surface area (Å²) in [6, 6.07) is 0. The molecule has 0 rings (SSSR count). The second-order valence-electron chi connectivity index (χ2n) is 2.49. The first-order chi connectivity index (χ1) is 5.77. The van der Waals surface area contributed by atoms with E-state index in [9.17, 15) is 4.79 Å². The zero-order valence-electron chi connectivity index (χ0n) is 7.41. The minimum absolute atomic E-state index is 0.283. The Balaban J connectivity index is 2.86. The van der Waals surface area contributed by atoms with Crippen LogP contribution in [0.5, 0.6) is 0 Å². The lowest BCUT2D eigenvalue weighted by Crippen LogP contribution is -1.94. The molecular weight excluding hydrogens is 192 g/mol. The monoisotopic (exact) mass is 208 g/mol. The predicted octanol–water partition coefficient (Wildman–Crippen LogP) is 3.03. The van der Waals surface area contributed by atoms with Crippen molar-refractivity contribution in [3.05, 3.63) is 0 Å². The van der Waals surface area contributed by atoms with Crippen LogP contribution < -0.4 is 0 Å². The highest BCUT2D eigenvalue weighted by molar-refractivity contribution is 8.76. The van der Waals surface area contributed by atoms with E-state index >= 15 is 0 Å². The number of hydrogen-bond donors (Lipinski definition) is 1. The van der Waals surface area contributed by atoms with Gasteiger partial charge in [-0.25, -0.2) is 0 Å². The summed E-state index contributed by atoms with van der Waals surface area (Å²) in [7, 11) is 3.46. The van der Waals surface area contributed by atoms with Crippen molar-refractivity contribution in [2.24, 2.45) is 0 Å². The van der Waals surface area contributed by atoms with Crippen LogP contribution in [0.3, 0.4) is 0 Å². The minimum Gasteiger partial charge on any atom is -0.481 e. The summed E-state index contributed by atoms with van der Waals surface area (Å²) < 4.78 is 0. The van der Waals surface area contributed by atoms with E-state index in [-0.39, 0.29) is 6.42 Å². The lowest BCUT2D eigenvalue weighted by molar-refractivity contribution is -0.136. The molecule has 0 aromatic heterocycles. The molecule has 1 N–H and O–H groups in total. The predicted molar refractivity (Wildman–Crippen MR) is 56.7 cm³/mol. The first kappa shape index (κ1) is 12.2. The van der Waals surface area contributed by atoms with Crippen molar-refractivity contribution in [3.8, 4) is 0 Å². The standard InChI is InChI=1S/C8H16O2S2/c1-2-3-4-6-11-12-7-5-8(9)10/h2-7H2,1H3,(H,9,10). The van der Waals surface area contributed by atoms with Gasteiger partial charge in [-0.3, -0.25) is 4.79 Å². The Morgan fingerprint density at radius 1 is 1.25 bits per heavy atom. The fraction of sp³-hybridized carbons (Fsp3) is 0.875. The maximum atomic E-state index is 10.1. The number of aliphatic carboxylic acids is 1. The van der Waals surface area contributed by atoms with Gasteiger partial charge >= 0.3 is 5.97 Å². The van der Waals surface area contributed by atoms with E-state index in [1.807, 2.05) is 0 Å². The zero-order valence-corrected chi connectivity index (χ0v) is 9.05. The highest BCUT2D eigenvalue weighted by Crippen LogP contribution is 2.23. The Kier molecular flexibility index (Phi) is 9.39. The van der Waals surface area contributed by atoms with E-state index < -0.39 is 5.97 Å². The molecule has 0 aliphatic carbocycles. The summed E-state index contributed by atoms with van der Waals surface area (Å²) in [4.78, 5) is 10.1. The van der Waals surface area contributed by atoms with Gasteiger partial charge in [0, 0.05) is 11.5 Å². The highest BCUT2D eigenvalue weighted by atomic mass is 33.1. The molecule has 0 aliphatic rings. The van der Waals surface area contributed by atoms with E-state index in [1.165, 1.54) is 19.3 Å². The normalized spacial score (nSPS) is 10.1. The fourth-order valence-electron chi connectivity index (χ4n) is 0.658. The van der Waals surface area contributed by atoms with Gasteiger partial charge in [0.25, 0.3) is 0 Å². The van der Waals surface area contributed by atoms with Gasteiger partial charge in [0.05, 0.1) is 6.42 Å². The molecule has 0 aromatic carbocycles. The van der Waals surface area contributed by atoms with E-state index in [0.29, 0.717) is 0 Å². The SMILES string of the molecule is CCCCCSSCCC(=O)O. The molecule has 4 heteroatoms. The molecule has 0 saturated heterocycles. The maximum Gasteiger partial charge on any atom is 0.304 e. The van der Waals surface area contributed by atoms with Crippen LogP contribution in [-0.2, 0) is 4.79 Å². The molecule has 0 atom stereocenters. The second-order valence-corrected chi connectivity index (χ2v) is 5.20. The number of hydrogen-bond acceptors (Lipinski definition) is 3. The van der Waals surface area contributed by atoms with Crippen molar-refractivity contribution < 1.29 is 9.90 Å². The van der Waals surface area contributed by atoms with E-state index in [4.69, 9.17) is 5.11 Å². The van der Waals surface area contributed by atoms with Gasteiger partial charge in [-0.05, 0) is 6.42 Å². The Labute approximate surface area is 81.9 Å². The van der Waals surface area contributed by atoms with Crippen LogP contribution in [0.4, 0.5) is 0 Å². The van der Waals surface area contributed by atoms with Crippen LogP contribution in [-0.4, -0.2) is 22.6 Å². The number of carbonyl (C=O) groups is 1. The van der Waals surface area contributed by atoms with Gasteiger partial charge in [0.1, 0.15) is 0 Å². The molecule has 72 valence electrons. The average Bonchev–Trinajstić information content (AvgIpc) is 2.02. The molecule has 0 spiro atoms. The van der Waals surface area contributed by atoms with Gasteiger partial charge in [0.15, 0.2) is 0 Å². The van der Waals surface area contributed by atoms with Crippen molar-refractivity contribution in [1.29, 1.82) is 0 Å². The number of rotatable bonds is 8. The quantitative estimate of drug-likeness (QED) is 0.491. The van der Waals surface area contributed by atoms with E-state index in [1.54, 1.807) is 21.6 Å². The lowest BCUT2D eigenvalue weighted by atomic mass is 10.3. The van der Waals surface area contributed by atoms with Crippen molar-refractivity contribution in [2.75, 3.05) is 11.5 Å². The highest BCUT2D eigenvalue weighted by Gasteiger charge is 1.96. The summed E-state index contributed by atoms with van der Waals surface area (Å²) >= 11 is 0. The Bertz CT molecular complexity index is 118. The molecule has 0 aromatic rings. The zero-order chi connectivity index (χ0) is 9.23. The molecular formula is C8H16O2S2. The summed E-state index contributed by atoms with van der Waals surface area (Å²) in [6.07, 6.45) is 4.07. The Hall–Kier alpha value is 0.170. The van der Waals surface area contributed by atoms with Crippen LogP contribution in [0.1, 0.15) is 32.6 Å². The number of carboxylic acid groups (broad SMARTS) is 1. The van der Waals surface area contributed by atoms with E-state index in [2.05, 4.69) is 6.92 Å². The summed E-state index contributed by atoms with van der Waals surface area (Å²) in [5.41, 5.74) is 0. The van der Waals surface area contributed by atoms with Crippen molar-refractivity contribution in [2.45, 2.75) is 32.6 Å². The first-order valence-electron chi connectivity index (χ1n) is 4.23. The Morgan fingerprint density at radius 3 is 2.50 bits per heavy atom. The molecule has 0 heterocycles. The number of unbranched alkanes of at least 4 members (excludes halogenated alkanes) is 2. The van der Waals surface area contributed by atoms with Gasteiger partial charge in [-0.2, -0.15) is 0 Å². The van der Waals surface area contributed by atoms with Gasteiger partial charge in [0.2, 0.25) is 0 Å².